The number of rotatable bonds is 31. The predicted octanol–water partition coefficient (Wildman–Crippen LogP) is 16.2. The number of likely N-dealkylation sites (tertiary alicyclic amines) is 1. The van der Waals surface area contributed by atoms with Crippen LogP contribution in [-0.2, 0) is 55.0 Å². The van der Waals surface area contributed by atoms with E-state index in [-0.39, 0.29) is 48.6 Å². The number of nitrogens with one attached hydrogen (secondary N) is 2. The van der Waals surface area contributed by atoms with Crippen molar-refractivity contribution in [2.45, 2.75) is 166 Å². The zero-order valence-electron chi connectivity index (χ0n) is 65.5. The van der Waals surface area contributed by atoms with Crippen molar-refractivity contribution >= 4 is 40.9 Å². The summed E-state index contributed by atoms with van der Waals surface area (Å²) in [4.78, 5) is 70.1. The second-order valence-electron chi connectivity index (χ2n) is 30.1. The summed E-state index contributed by atoms with van der Waals surface area (Å²) in [7, 11) is 0. The molecule has 4 amide bonds. The number of aryl methyl sites for hydroxylation is 1. The summed E-state index contributed by atoms with van der Waals surface area (Å²) in [6.07, 6.45) is 5.75. The van der Waals surface area contributed by atoms with Gasteiger partial charge in [-0.05, 0) is 195 Å². The van der Waals surface area contributed by atoms with Crippen molar-refractivity contribution in [2.75, 3.05) is 37.6 Å². The van der Waals surface area contributed by atoms with E-state index in [0.29, 0.717) is 123 Å². The molecule has 5 N–H and O–H groups in total. The average molecular weight is 1610 g/mol. The Morgan fingerprint density at radius 2 is 0.957 bits per heavy atom. The van der Waals surface area contributed by atoms with Gasteiger partial charge in [0.2, 0.25) is 11.8 Å². The third kappa shape index (κ3) is 24.8. The number of amides is 4. The number of halogens is 7. The van der Waals surface area contributed by atoms with Crippen LogP contribution < -0.4 is 15.5 Å². The molecular formula is C93H100ClF6N9O7. The topological polar surface area (TPSA) is 195 Å². The number of benzene rings is 8. The van der Waals surface area contributed by atoms with Crippen LogP contribution in [0.1, 0.15) is 154 Å². The van der Waals surface area contributed by atoms with Gasteiger partial charge in [-0.3, -0.25) is 38.9 Å². The molecule has 5 heterocycles. The second-order valence-corrected chi connectivity index (χ2v) is 30.5. The quantitative estimate of drug-likeness (QED) is 0.0258. The van der Waals surface area contributed by atoms with Crippen LogP contribution in [0.2, 0.25) is 5.02 Å². The molecule has 2 aromatic heterocycles. The van der Waals surface area contributed by atoms with Gasteiger partial charge >= 0.3 is 0 Å². The molecule has 16 nitrogen and oxygen atoms in total. The third-order valence-corrected chi connectivity index (χ3v) is 21.4. The molecule has 0 aliphatic carbocycles. The third-order valence-electron chi connectivity index (χ3n) is 21.2. The lowest BCUT2D eigenvalue weighted by Crippen LogP contribution is -2.58. The Morgan fingerprint density at radius 3 is 1.39 bits per heavy atom. The zero-order chi connectivity index (χ0) is 82.2. The van der Waals surface area contributed by atoms with Crippen LogP contribution in [0.5, 0.6) is 0 Å². The van der Waals surface area contributed by atoms with E-state index in [1.807, 2.05) is 147 Å². The molecule has 0 saturated carbocycles. The van der Waals surface area contributed by atoms with Crippen molar-refractivity contribution in [3.63, 3.8) is 0 Å². The Balaban J connectivity index is 0.000000172. The van der Waals surface area contributed by atoms with Crippen molar-refractivity contribution in [1.82, 2.24) is 40.2 Å². The Bertz CT molecular complexity index is 4730. The predicted molar refractivity (Wildman–Crippen MR) is 438 cm³/mol. The van der Waals surface area contributed by atoms with Gasteiger partial charge in [0.1, 0.15) is 47.1 Å². The highest BCUT2D eigenvalue weighted by molar-refractivity contribution is 6.30. The first-order valence-corrected chi connectivity index (χ1v) is 40.1. The summed E-state index contributed by atoms with van der Waals surface area (Å²) in [6, 6.07) is 58.9. The molecule has 8 aromatic carbocycles. The van der Waals surface area contributed by atoms with E-state index in [1.54, 1.807) is 64.7 Å². The Morgan fingerprint density at radius 1 is 0.526 bits per heavy atom. The lowest BCUT2D eigenvalue weighted by Gasteiger charge is -2.40. The van der Waals surface area contributed by atoms with E-state index in [1.165, 1.54) is 36.4 Å². The smallest absolute Gasteiger partial charge is 0.253 e. The highest BCUT2D eigenvalue weighted by atomic mass is 35.5. The van der Waals surface area contributed by atoms with Crippen LogP contribution in [-0.4, -0.2) is 138 Å². The number of carbonyl (C=O) groups is 4. The minimum absolute atomic E-state index is 0.0224. The monoisotopic (exact) mass is 1600 g/mol. The van der Waals surface area contributed by atoms with Crippen LogP contribution in [0.25, 0.3) is 0 Å². The first kappa shape index (κ1) is 86.4. The number of carbonyl (C=O) groups excluding carboxylic acids is 4. The van der Waals surface area contributed by atoms with Gasteiger partial charge in [-0.25, -0.2) is 26.3 Å². The first-order valence-electron chi connectivity index (χ1n) is 39.7. The zero-order valence-corrected chi connectivity index (χ0v) is 66.2. The summed E-state index contributed by atoms with van der Waals surface area (Å²) in [5, 5.41) is 41.6. The van der Waals surface area contributed by atoms with Crippen molar-refractivity contribution in [1.29, 1.82) is 0 Å². The number of aliphatic hydroxyl groups is 3. The number of nitrogens with zero attached hydrogens (tertiary/aromatic N) is 7. The lowest BCUT2D eigenvalue weighted by atomic mass is 9.88. The van der Waals surface area contributed by atoms with Crippen molar-refractivity contribution in [3.8, 4) is 0 Å². The van der Waals surface area contributed by atoms with Crippen LogP contribution in [0, 0.1) is 41.8 Å². The fourth-order valence-corrected chi connectivity index (χ4v) is 15.9. The molecule has 23 heteroatoms. The number of pyridine rings is 2. The fraction of sp³-hybridized carbons (Fsp3) is 0.333. The van der Waals surface area contributed by atoms with E-state index < -0.39 is 83.3 Å². The molecule has 3 aliphatic heterocycles. The Hall–Kier alpha value is -10.4. The van der Waals surface area contributed by atoms with Gasteiger partial charge in [0.25, 0.3) is 11.8 Å². The van der Waals surface area contributed by atoms with Crippen molar-refractivity contribution in [3.05, 3.63) is 338 Å². The van der Waals surface area contributed by atoms with E-state index >= 15 is 0 Å². The van der Waals surface area contributed by atoms with Gasteiger partial charge < -0.3 is 40.7 Å². The van der Waals surface area contributed by atoms with Crippen LogP contribution >= 0.6 is 11.6 Å². The molecule has 3 aliphatic rings. The van der Waals surface area contributed by atoms with Crippen LogP contribution in [0.3, 0.4) is 0 Å². The first-order chi connectivity index (χ1) is 56.0. The minimum atomic E-state index is -1.12. The maximum atomic E-state index is 14.2. The van der Waals surface area contributed by atoms with Gasteiger partial charge in [0, 0.05) is 142 Å². The number of hydrogen-bond acceptors (Lipinski definition) is 12. The fourth-order valence-electron chi connectivity index (χ4n) is 15.7. The summed E-state index contributed by atoms with van der Waals surface area (Å²) >= 11 is 6.17. The summed E-state index contributed by atoms with van der Waals surface area (Å²) in [6.45, 7) is 11.0. The lowest BCUT2D eigenvalue weighted by molar-refractivity contribution is -0.130. The van der Waals surface area contributed by atoms with E-state index in [0.717, 1.165) is 78.1 Å². The SMILES string of the molecule is CCCN(CCC)C(=O)c1cc(C)cc(C(=O)NC(Cc2cc(F)cc(F)c2)[C@H](O)C2C[C@@H](N3CCCC3=O)CCN2)c1.O=C1CCCN1c1ccnc([C@@H](O)[C@H](Cc2cc(F)cc(F)c2)N(Cc2ccccc2)Cc2ccccc2)c1.O[C@H](c1cc(Cl)ccn1)[C@H](Cc1cc(F)cc(F)c1)N(Cc1ccccc1)Cc1ccccc1. The van der Waals surface area contributed by atoms with Gasteiger partial charge in [-0.1, -0.05) is 147 Å². The molecule has 0 bridgehead atoms. The summed E-state index contributed by atoms with van der Waals surface area (Å²) in [5.74, 6) is -4.62. The van der Waals surface area contributed by atoms with Crippen LogP contribution in [0.4, 0.5) is 32.0 Å². The van der Waals surface area contributed by atoms with Gasteiger partial charge in [0.05, 0.1) is 23.5 Å². The molecule has 3 fully saturated rings. The molecule has 13 rings (SSSR count). The molecular weight excluding hydrogens is 1500 g/mol. The van der Waals surface area contributed by atoms with Gasteiger partial charge in [0.15, 0.2) is 0 Å². The standard InChI is InChI=1S/C33H44F2N4O4.C32H31F2N3O2.C28H25ClF2N2O/c1-4-10-38(11-5-2)33(43)24-14-21(3)13-23(18-24)32(42)37-29(17-22-15-25(34)19-26(35)16-22)31(41)28-20-27(8-9-36-28)39-12-6-7-30(39)40;33-26-16-25(17-27(34)19-26)18-30(32(39)29-20-28(13-14-35-29)37-15-7-12-31(37)38)36(21-23-8-3-1-4-9-23)22-24-10-5-2-6-11-24;29-23-11-12-32-26(16-23)28(34)27(15-22-13-24(30)17-25(31)14-22)33(18-20-7-3-1-4-8-20)19-21-9-5-2-6-10-21/h13-16,18-19,27-29,31,36,41H,4-12,17,20H2,1-3H3,(H,37,42);1-6,8-11,13-14,16-17,19-20,30,32,39H,7,12,15,18,21-22H2;1-14,16-17,27-28,34H,15,18-19H2/t27-,28?,29?,31+;30-,32+;27-,28+/m000/s1. The molecule has 608 valence electrons. The highest BCUT2D eigenvalue weighted by Gasteiger charge is 2.39. The number of aliphatic hydroxyl groups excluding tert-OH is 3. The number of anilines is 1. The number of aromatic nitrogens is 2. The highest BCUT2D eigenvalue weighted by Crippen LogP contribution is 2.34. The molecule has 2 unspecified atom stereocenters. The molecule has 0 radical (unpaired) electrons. The molecule has 3 saturated heterocycles. The minimum Gasteiger partial charge on any atom is -0.389 e. The number of piperidine rings is 1. The molecule has 116 heavy (non-hydrogen) atoms. The van der Waals surface area contributed by atoms with Crippen LogP contribution in [0.15, 0.2) is 231 Å². The maximum Gasteiger partial charge on any atom is 0.253 e. The molecule has 8 atom stereocenters. The summed E-state index contributed by atoms with van der Waals surface area (Å²) in [5.41, 5.74) is 8.28. The average Bonchev–Trinajstić information content (AvgIpc) is 1.15. The van der Waals surface area contributed by atoms with E-state index in [4.69, 9.17) is 11.6 Å². The van der Waals surface area contributed by atoms with Crippen molar-refractivity contribution in [2.24, 2.45) is 0 Å². The molecule has 0 spiro atoms. The molecule has 10 aromatic rings. The van der Waals surface area contributed by atoms with Gasteiger partial charge in [-0.15, -0.1) is 0 Å². The van der Waals surface area contributed by atoms with Crippen molar-refractivity contribution < 1.29 is 60.8 Å². The van der Waals surface area contributed by atoms with E-state index in [9.17, 15) is 60.8 Å². The summed E-state index contributed by atoms with van der Waals surface area (Å²) < 4.78 is 84.6. The van der Waals surface area contributed by atoms with Gasteiger partial charge in [-0.2, -0.15) is 0 Å². The second kappa shape index (κ2) is 42.4. The normalized spacial score (nSPS) is 16.4. The Labute approximate surface area is 679 Å². The van der Waals surface area contributed by atoms with E-state index in [2.05, 4.69) is 30.4 Å². The number of hydrogen-bond donors (Lipinski definition) is 5. The maximum absolute atomic E-state index is 14.2. The largest absolute Gasteiger partial charge is 0.389 e. The Kier molecular flexibility index (Phi) is 31.6.